The average molecular weight is 714 g/mol. The van der Waals surface area contributed by atoms with Gasteiger partial charge in [-0.05, 0) is 53.6 Å². The van der Waals surface area contributed by atoms with E-state index >= 15 is 0 Å². The van der Waals surface area contributed by atoms with Gasteiger partial charge in [0.05, 0.1) is 27.6 Å². The van der Waals surface area contributed by atoms with Gasteiger partial charge >= 0.3 is 0 Å². The highest BCUT2D eigenvalue weighted by Crippen LogP contribution is 2.45. The van der Waals surface area contributed by atoms with Gasteiger partial charge in [-0.25, -0.2) is 15.0 Å². The van der Waals surface area contributed by atoms with Gasteiger partial charge in [-0.15, -0.1) is 0 Å². The second-order valence-electron chi connectivity index (χ2n) is 14.4. The maximum absolute atomic E-state index is 5.03. The van der Waals surface area contributed by atoms with Crippen molar-refractivity contribution in [1.29, 1.82) is 0 Å². The largest absolute Gasteiger partial charge is 0.309 e. The number of nitrogens with zero attached hydrogens (tertiary/aromatic N) is 5. The van der Waals surface area contributed by atoms with Gasteiger partial charge in [-0.3, -0.25) is 0 Å². The predicted octanol–water partition coefficient (Wildman–Crippen LogP) is 12.8. The maximum atomic E-state index is 5.03. The van der Waals surface area contributed by atoms with Crippen LogP contribution in [0.4, 0.5) is 0 Å². The van der Waals surface area contributed by atoms with Crippen LogP contribution in [0.1, 0.15) is 0 Å². The summed E-state index contributed by atoms with van der Waals surface area (Å²) in [6, 6.07) is 66.7. The van der Waals surface area contributed by atoms with E-state index in [0.717, 1.165) is 33.4 Å². The molecule has 12 aromatic rings. The van der Waals surface area contributed by atoms with Gasteiger partial charge in [0.1, 0.15) is 0 Å². The van der Waals surface area contributed by atoms with E-state index in [9.17, 15) is 0 Å². The van der Waals surface area contributed by atoms with E-state index in [-0.39, 0.29) is 0 Å². The minimum atomic E-state index is 0.633. The Morgan fingerprint density at radius 1 is 0.321 bits per heavy atom. The summed E-state index contributed by atoms with van der Waals surface area (Å²) >= 11 is 0. The van der Waals surface area contributed by atoms with Crippen LogP contribution in [0.15, 0.2) is 188 Å². The van der Waals surface area contributed by atoms with Gasteiger partial charge in [0.2, 0.25) is 0 Å². The first-order valence-corrected chi connectivity index (χ1v) is 19.0. The molecule has 12 rings (SSSR count). The fraction of sp³-hybridized carbons (Fsp3) is 0. The molecule has 0 fully saturated rings. The van der Waals surface area contributed by atoms with Crippen LogP contribution in [0, 0.1) is 0 Å². The van der Waals surface area contributed by atoms with Gasteiger partial charge in [0.25, 0.3) is 0 Å². The molecule has 0 radical (unpaired) electrons. The molecule has 5 heteroatoms. The lowest BCUT2D eigenvalue weighted by Gasteiger charge is -2.12. The van der Waals surface area contributed by atoms with Gasteiger partial charge < -0.3 is 8.97 Å². The Labute approximate surface area is 321 Å². The monoisotopic (exact) mass is 713 g/mol. The highest BCUT2D eigenvalue weighted by atomic mass is 15.0. The number of hydrogen-bond acceptors (Lipinski definition) is 3. The number of rotatable bonds is 5. The van der Waals surface area contributed by atoms with Crippen LogP contribution in [0.3, 0.4) is 0 Å². The number of aromatic nitrogens is 5. The van der Waals surface area contributed by atoms with Crippen molar-refractivity contribution < 1.29 is 0 Å². The highest BCUT2D eigenvalue weighted by molar-refractivity contribution is 6.27. The van der Waals surface area contributed by atoms with E-state index in [0.29, 0.717) is 17.5 Å². The van der Waals surface area contributed by atoms with E-state index in [2.05, 4.69) is 136 Å². The third kappa shape index (κ3) is 4.52. The summed E-state index contributed by atoms with van der Waals surface area (Å²) in [7, 11) is 0. The Hall–Kier alpha value is -7.63. The third-order valence-corrected chi connectivity index (χ3v) is 11.3. The van der Waals surface area contributed by atoms with Crippen molar-refractivity contribution in [2.75, 3.05) is 0 Å². The second-order valence-corrected chi connectivity index (χ2v) is 14.4. The molecule has 0 aliphatic carbocycles. The van der Waals surface area contributed by atoms with Crippen LogP contribution in [-0.2, 0) is 0 Å². The molecule has 0 saturated carbocycles. The third-order valence-electron chi connectivity index (χ3n) is 11.3. The zero-order chi connectivity index (χ0) is 36.7. The van der Waals surface area contributed by atoms with E-state index in [1.165, 1.54) is 60.0 Å². The topological polar surface area (TPSA) is 48.0 Å². The first-order chi connectivity index (χ1) is 27.8. The zero-order valence-corrected chi connectivity index (χ0v) is 30.1. The standard InChI is InChI=1S/C51H31N5/c1-3-14-32(15-4-1)49-52-50(33-16-5-2-6-17-33)54-51(53-49)35-18-13-19-36(30-35)55-43-23-10-8-21-39(43)42-31-34(26-29-46(42)55)37-27-28-40-38-20-7-11-24-44(38)56-45-25-12-9-22-41(45)47(37)48(40)56/h1-31H. The molecule has 0 atom stereocenters. The fourth-order valence-electron chi connectivity index (χ4n) is 8.84. The molecule has 0 unspecified atom stereocenters. The van der Waals surface area contributed by atoms with Crippen LogP contribution >= 0.6 is 0 Å². The summed E-state index contributed by atoms with van der Waals surface area (Å²) in [6.45, 7) is 0. The maximum Gasteiger partial charge on any atom is 0.164 e. The normalized spacial score (nSPS) is 11.9. The summed E-state index contributed by atoms with van der Waals surface area (Å²) in [5, 5.41) is 7.57. The quantitative estimate of drug-likeness (QED) is 0.178. The lowest BCUT2D eigenvalue weighted by Crippen LogP contribution is -2.01. The average Bonchev–Trinajstić information content (AvgIpc) is 3.92. The summed E-state index contributed by atoms with van der Waals surface area (Å²) in [5.74, 6) is 1.93. The second kappa shape index (κ2) is 11.9. The molecule has 8 aromatic carbocycles. The molecular formula is C51H31N5. The summed E-state index contributed by atoms with van der Waals surface area (Å²) in [4.78, 5) is 15.0. The van der Waals surface area contributed by atoms with E-state index in [1.54, 1.807) is 0 Å². The Morgan fingerprint density at radius 2 is 0.857 bits per heavy atom. The summed E-state index contributed by atoms with van der Waals surface area (Å²) in [5.41, 5.74) is 12.4. The summed E-state index contributed by atoms with van der Waals surface area (Å²) < 4.78 is 4.82. The Balaban J connectivity index is 1.05. The molecule has 4 aromatic heterocycles. The molecule has 5 nitrogen and oxygen atoms in total. The molecule has 0 aliphatic heterocycles. The minimum absolute atomic E-state index is 0.633. The zero-order valence-electron chi connectivity index (χ0n) is 30.1. The van der Waals surface area contributed by atoms with Crippen LogP contribution in [0.2, 0.25) is 0 Å². The first kappa shape index (κ1) is 30.8. The number of benzene rings is 8. The molecule has 0 saturated heterocycles. The van der Waals surface area contributed by atoms with Crippen LogP contribution in [0.5, 0.6) is 0 Å². The predicted molar refractivity (Wildman–Crippen MR) is 231 cm³/mol. The van der Waals surface area contributed by atoms with Crippen LogP contribution < -0.4 is 0 Å². The van der Waals surface area contributed by atoms with Crippen molar-refractivity contribution in [3.05, 3.63) is 188 Å². The Kier molecular flexibility index (Phi) is 6.56. The summed E-state index contributed by atoms with van der Waals surface area (Å²) in [6.07, 6.45) is 0. The first-order valence-electron chi connectivity index (χ1n) is 19.0. The molecule has 0 amide bonds. The van der Waals surface area contributed by atoms with Gasteiger partial charge in [-0.2, -0.15) is 0 Å². The molecule has 0 spiro atoms. The van der Waals surface area contributed by atoms with Crippen molar-refractivity contribution in [2.45, 2.75) is 0 Å². The SMILES string of the molecule is c1ccc(-c2nc(-c3ccccc3)nc(-c3cccc(-n4c5ccccc5c5cc(-c6ccc7c8ccccc8n8c9ccccc9c6c78)ccc54)c3)n2)cc1. The molecule has 0 bridgehead atoms. The number of hydrogen-bond donors (Lipinski definition) is 0. The van der Waals surface area contributed by atoms with Crippen molar-refractivity contribution in [3.8, 4) is 51.0 Å². The van der Waals surface area contributed by atoms with Gasteiger partial charge in [0, 0.05) is 54.7 Å². The molecule has 0 aliphatic rings. The van der Waals surface area contributed by atoms with Crippen molar-refractivity contribution >= 4 is 59.9 Å². The molecule has 4 heterocycles. The van der Waals surface area contributed by atoms with Crippen molar-refractivity contribution in [1.82, 2.24) is 23.9 Å². The van der Waals surface area contributed by atoms with Crippen molar-refractivity contribution in [3.63, 3.8) is 0 Å². The van der Waals surface area contributed by atoms with E-state index in [4.69, 9.17) is 15.0 Å². The van der Waals surface area contributed by atoms with Crippen LogP contribution in [0.25, 0.3) is 111 Å². The molecular weight excluding hydrogens is 683 g/mol. The highest BCUT2D eigenvalue weighted by Gasteiger charge is 2.21. The van der Waals surface area contributed by atoms with Crippen molar-refractivity contribution in [2.24, 2.45) is 0 Å². The lowest BCUT2D eigenvalue weighted by atomic mass is 9.96. The van der Waals surface area contributed by atoms with Crippen LogP contribution in [-0.4, -0.2) is 23.9 Å². The van der Waals surface area contributed by atoms with E-state index in [1.807, 2.05) is 60.7 Å². The van der Waals surface area contributed by atoms with Gasteiger partial charge in [0.15, 0.2) is 17.5 Å². The minimum Gasteiger partial charge on any atom is -0.309 e. The molecule has 260 valence electrons. The smallest absolute Gasteiger partial charge is 0.164 e. The Bertz CT molecular complexity index is 3410. The van der Waals surface area contributed by atoms with E-state index < -0.39 is 0 Å². The van der Waals surface area contributed by atoms with Gasteiger partial charge in [-0.1, -0.05) is 146 Å². The number of para-hydroxylation sites is 3. The fourth-order valence-corrected chi connectivity index (χ4v) is 8.84. The lowest BCUT2D eigenvalue weighted by molar-refractivity contribution is 1.07. The molecule has 56 heavy (non-hydrogen) atoms. The number of fused-ring (bicyclic) bond motifs is 9. The Morgan fingerprint density at radius 3 is 1.55 bits per heavy atom. The molecule has 0 N–H and O–H groups in total.